The van der Waals surface area contributed by atoms with Crippen LogP contribution in [-0.2, 0) is 11.3 Å². The number of aliphatic hydroxyl groups excluding tert-OH is 1. The molecule has 0 spiro atoms. The number of benzene rings is 3. The molecule has 0 aromatic heterocycles. The molecule has 4 atom stereocenters. The monoisotopic (exact) mass is 702 g/mol. The average molecular weight is 704 g/mol. The van der Waals surface area contributed by atoms with Crippen LogP contribution in [0.25, 0.3) is 0 Å². The molecule has 4 rings (SSSR count). The van der Waals surface area contributed by atoms with Gasteiger partial charge in [-0.2, -0.15) is 0 Å². The topological polar surface area (TPSA) is 103 Å². The Morgan fingerprint density at radius 2 is 1.75 bits per heavy atom. The summed E-state index contributed by atoms with van der Waals surface area (Å²) in [6.07, 6.45) is 2.09. The lowest BCUT2D eigenvalue weighted by Crippen LogP contribution is -2.47. The first kappa shape index (κ1) is 37.4. The van der Waals surface area contributed by atoms with E-state index in [0.29, 0.717) is 53.4 Å². The van der Waals surface area contributed by atoms with E-state index in [2.05, 4.69) is 15.5 Å². The highest BCUT2D eigenvalue weighted by Crippen LogP contribution is 2.29. The third kappa shape index (κ3) is 10.8. The first-order valence-electron chi connectivity index (χ1n) is 16.2. The number of carbonyl (C=O) groups is 2. The van der Waals surface area contributed by atoms with Crippen LogP contribution in [0.15, 0.2) is 60.7 Å². The maximum atomic E-state index is 14.3. The van der Waals surface area contributed by atoms with Crippen molar-refractivity contribution in [2.75, 3.05) is 44.0 Å². The predicted octanol–water partition coefficient (Wildman–Crippen LogP) is 7.70. The number of halogens is 3. The molecule has 260 valence electrons. The fourth-order valence-corrected chi connectivity index (χ4v) is 5.93. The van der Waals surface area contributed by atoms with Crippen molar-refractivity contribution in [3.63, 3.8) is 0 Å². The Labute approximate surface area is 292 Å². The minimum absolute atomic E-state index is 0.103. The van der Waals surface area contributed by atoms with Gasteiger partial charge in [-0.05, 0) is 100 Å². The largest absolute Gasteiger partial charge is 0.490 e. The van der Waals surface area contributed by atoms with Gasteiger partial charge in [0.05, 0.1) is 40.5 Å². The Balaban J connectivity index is 1.58. The highest BCUT2D eigenvalue weighted by atomic mass is 35.5. The molecule has 0 radical (unpaired) electrons. The van der Waals surface area contributed by atoms with Crippen molar-refractivity contribution < 1.29 is 28.6 Å². The summed E-state index contributed by atoms with van der Waals surface area (Å²) in [6.45, 7) is 7.66. The van der Waals surface area contributed by atoms with E-state index in [0.717, 1.165) is 24.8 Å². The third-order valence-corrected chi connectivity index (χ3v) is 9.08. The van der Waals surface area contributed by atoms with E-state index in [1.54, 1.807) is 36.1 Å². The van der Waals surface area contributed by atoms with E-state index in [1.807, 2.05) is 33.0 Å². The minimum Gasteiger partial charge on any atom is -0.490 e. The van der Waals surface area contributed by atoms with Gasteiger partial charge in [0, 0.05) is 43.5 Å². The fourth-order valence-electron chi connectivity index (χ4n) is 5.61. The molecule has 3 amide bonds. The zero-order valence-corrected chi connectivity index (χ0v) is 29.4. The maximum absolute atomic E-state index is 14.3. The lowest BCUT2D eigenvalue weighted by Gasteiger charge is -2.36. The average Bonchev–Trinajstić information content (AvgIpc) is 3.05. The molecular weight excluding hydrogens is 658 g/mol. The molecule has 1 aliphatic heterocycles. The normalized spacial score (nSPS) is 20.0. The predicted molar refractivity (Wildman–Crippen MR) is 189 cm³/mol. The fraction of sp³-hybridized carbons (Fsp3) is 0.444. The van der Waals surface area contributed by atoms with E-state index in [1.165, 1.54) is 24.3 Å². The van der Waals surface area contributed by atoms with Gasteiger partial charge in [0.15, 0.2) is 0 Å². The molecule has 0 bridgehead atoms. The Bertz CT molecular complexity index is 1530. The minimum atomic E-state index is -0.552. The number of fused-ring (bicyclic) bond motifs is 1. The number of aliphatic hydroxyl groups is 1. The Kier molecular flexibility index (Phi) is 13.9. The van der Waals surface area contributed by atoms with Crippen LogP contribution in [0.1, 0.15) is 56.0 Å². The summed E-state index contributed by atoms with van der Waals surface area (Å²) in [5, 5.41) is 16.6. The van der Waals surface area contributed by atoms with Gasteiger partial charge < -0.3 is 30.1 Å². The van der Waals surface area contributed by atoms with Crippen molar-refractivity contribution in [2.24, 2.45) is 5.92 Å². The zero-order chi connectivity index (χ0) is 34.8. The van der Waals surface area contributed by atoms with Crippen LogP contribution in [-0.4, -0.2) is 78.4 Å². The molecule has 3 N–H and O–H groups in total. The second-order valence-electron chi connectivity index (χ2n) is 12.5. The number of ether oxygens (including phenoxy) is 2. The van der Waals surface area contributed by atoms with Crippen LogP contribution in [0.4, 0.5) is 20.6 Å². The van der Waals surface area contributed by atoms with Crippen molar-refractivity contribution in [2.45, 2.75) is 64.8 Å². The number of carbonyl (C=O) groups excluding carboxylic acids is 2. The van der Waals surface area contributed by atoms with Gasteiger partial charge in [0.25, 0.3) is 5.91 Å². The number of likely N-dealkylation sites (N-methyl/N-ethyl adjacent to an activating group) is 1. The van der Waals surface area contributed by atoms with Gasteiger partial charge in [0.2, 0.25) is 0 Å². The number of nitrogens with one attached hydrogen (secondary N) is 2. The second kappa shape index (κ2) is 17.8. The number of rotatable bonds is 8. The summed E-state index contributed by atoms with van der Waals surface area (Å²) in [5.41, 5.74) is 2.07. The Morgan fingerprint density at radius 1 is 1.04 bits per heavy atom. The molecule has 1 heterocycles. The summed E-state index contributed by atoms with van der Waals surface area (Å²) in [4.78, 5) is 30.9. The second-order valence-corrected chi connectivity index (χ2v) is 13.4. The van der Waals surface area contributed by atoms with Gasteiger partial charge >= 0.3 is 6.03 Å². The van der Waals surface area contributed by atoms with E-state index in [9.17, 15) is 19.1 Å². The van der Waals surface area contributed by atoms with E-state index in [4.69, 9.17) is 32.7 Å². The highest BCUT2D eigenvalue weighted by Gasteiger charge is 2.30. The van der Waals surface area contributed by atoms with Crippen LogP contribution in [0.5, 0.6) is 5.75 Å². The summed E-state index contributed by atoms with van der Waals surface area (Å²) in [5.74, 6) is -0.462. The molecule has 12 heteroatoms. The molecule has 3 aromatic carbocycles. The zero-order valence-electron chi connectivity index (χ0n) is 27.8. The van der Waals surface area contributed by atoms with Crippen molar-refractivity contribution in [1.29, 1.82) is 0 Å². The molecule has 0 saturated carbocycles. The summed E-state index contributed by atoms with van der Waals surface area (Å²) >= 11 is 12.4. The maximum Gasteiger partial charge on any atom is 0.323 e. The smallest absolute Gasteiger partial charge is 0.323 e. The van der Waals surface area contributed by atoms with Gasteiger partial charge in [-0.25, -0.2) is 9.18 Å². The molecule has 3 aromatic rings. The van der Waals surface area contributed by atoms with Crippen LogP contribution >= 0.6 is 23.2 Å². The molecule has 0 saturated heterocycles. The summed E-state index contributed by atoms with van der Waals surface area (Å²) in [6, 6.07) is 14.9. The van der Waals surface area contributed by atoms with Gasteiger partial charge in [0.1, 0.15) is 11.6 Å². The van der Waals surface area contributed by atoms with Crippen LogP contribution < -0.4 is 15.4 Å². The van der Waals surface area contributed by atoms with Crippen molar-refractivity contribution in [1.82, 2.24) is 9.80 Å². The number of urea groups is 1. The standard InChI is InChI=1S/C36H45Cl2FN4O5/c1-23-19-43(24(2)22-44)35(45)30-18-29(41-36(46)40-28-11-9-27(39)10-12-28)13-15-33(30)48-25(3)7-5-6-16-47-34(23)21-42(4)20-26-8-14-31(37)32(38)17-26/h8-15,17-18,23-25,34,44H,5-7,16,19-22H2,1-4H3,(H2,40,41,46)/t23-,24+,25-,34+/m1/s1. The van der Waals surface area contributed by atoms with Crippen LogP contribution in [0.3, 0.4) is 0 Å². The first-order chi connectivity index (χ1) is 22.9. The van der Waals surface area contributed by atoms with Crippen molar-refractivity contribution in [3.05, 3.63) is 87.7 Å². The van der Waals surface area contributed by atoms with Gasteiger partial charge in [-0.1, -0.05) is 36.2 Å². The van der Waals surface area contributed by atoms with Crippen LogP contribution in [0, 0.1) is 11.7 Å². The molecule has 0 unspecified atom stereocenters. The SMILES string of the molecule is C[C@@H]1CCCCO[C@@H](CN(C)Cc2ccc(Cl)c(Cl)c2)[C@H](C)CN([C@@H](C)CO)C(=O)c2cc(NC(=O)Nc3ccc(F)cc3)ccc2O1. The van der Waals surface area contributed by atoms with E-state index < -0.39 is 17.9 Å². The Morgan fingerprint density at radius 3 is 2.46 bits per heavy atom. The molecular formula is C36H45Cl2FN4O5. The van der Waals surface area contributed by atoms with Crippen molar-refractivity contribution >= 4 is 46.5 Å². The molecule has 9 nitrogen and oxygen atoms in total. The van der Waals surface area contributed by atoms with E-state index >= 15 is 0 Å². The number of nitrogens with zero attached hydrogens (tertiary/aromatic N) is 2. The van der Waals surface area contributed by atoms with Gasteiger partial charge in [-0.15, -0.1) is 0 Å². The first-order valence-corrected chi connectivity index (χ1v) is 17.0. The third-order valence-electron chi connectivity index (χ3n) is 8.34. The summed E-state index contributed by atoms with van der Waals surface area (Å²) in [7, 11) is 2.01. The molecule has 1 aliphatic rings. The number of hydrogen-bond donors (Lipinski definition) is 3. The number of amides is 3. The lowest BCUT2D eigenvalue weighted by atomic mass is 10.0. The highest BCUT2D eigenvalue weighted by molar-refractivity contribution is 6.42. The Hall–Kier alpha value is -3.41. The number of anilines is 2. The molecule has 0 aliphatic carbocycles. The summed E-state index contributed by atoms with van der Waals surface area (Å²) < 4.78 is 26.1. The van der Waals surface area contributed by atoms with Crippen LogP contribution in [0.2, 0.25) is 10.0 Å². The lowest BCUT2D eigenvalue weighted by molar-refractivity contribution is -0.0177. The quantitative estimate of drug-likeness (QED) is 0.222. The van der Waals surface area contributed by atoms with Gasteiger partial charge in [-0.3, -0.25) is 9.69 Å². The van der Waals surface area contributed by atoms with Crippen molar-refractivity contribution in [3.8, 4) is 5.75 Å². The molecule has 48 heavy (non-hydrogen) atoms. The van der Waals surface area contributed by atoms with E-state index in [-0.39, 0.29) is 36.2 Å². The molecule has 0 fully saturated rings. The number of hydrogen-bond acceptors (Lipinski definition) is 6.